The van der Waals surface area contributed by atoms with Gasteiger partial charge in [-0.05, 0) is 24.8 Å². The van der Waals surface area contributed by atoms with E-state index in [2.05, 4.69) is 29.2 Å². The molecule has 1 N–H and O–H groups in total. The predicted molar refractivity (Wildman–Crippen MR) is 61.3 cm³/mol. The van der Waals surface area contributed by atoms with Crippen LogP contribution in [0.2, 0.25) is 0 Å². The van der Waals surface area contributed by atoms with Crippen molar-refractivity contribution in [1.29, 1.82) is 0 Å². The van der Waals surface area contributed by atoms with Crippen molar-refractivity contribution in [2.75, 3.05) is 6.54 Å². The van der Waals surface area contributed by atoms with Crippen molar-refractivity contribution >= 4 is 0 Å². The molecule has 1 aromatic carbocycles. The average molecular weight is 205 g/mol. The standard InChI is InChI=1S/C13H19NO/c15-13-9-5-2-6-10-14(13)11-12-7-3-1-4-8-12/h1,3-4,7-8,13,15H,2,5-6,9-11H2. The molecule has 1 unspecified atom stereocenters. The first-order valence-electron chi connectivity index (χ1n) is 5.82. The molecule has 1 fully saturated rings. The Balaban J connectivity index is 1.97. The molecule has 1 aromatic rings. The number of hydrogen-bond donors (Lipinski definition) is 1. The lowest BCUT2D eigenvalue weighted by Gasteiger charge is -2.25. The normalized spacial score (nSPS) is 23.7. The minimum Gasteiger partial charge on any atom is -0.378 e. The summed E-state index contributed by atoms with van der Waals surface area (Å²) in [5, 5.41) is 9.94. The lowest BCUT2D eigenvalue weighted by atomic mass is 10.2. The summed E-state index contributed by atoms with van der Waals surface area (Å²) >= 11 is 0. The zero-order chi connectivity index (χ0) is 10.5. The molecule has 0 bridgehead atoms. The van der Waals surface area contributed by atoms with Gasteiger partial charge in [0.05, 0.1) is 0 Å². The Morgan fingerprint density at radius 3 is 2.73 bits per heavy atom. The Labute approximate surface area is 91.5 Å². The van der Waals surface area contributed by atoms with E-state index in [9.17, 15) is 5.11 Å². The Morgan fingerprint density at radius 1 is 1.13 bits per heavy atom. The Morgan fingerprint density at radius 2 is 1.93 bits per heavy atom. The van der Waals surface area contributed by atoms with E-state index in [1.165, 1.54) is 18.4 Å². The summed E-state index contributed by atoms with van der Waals surface area (Å²) < 4.78 is 0. The van der Waals surface area contributed by atoms with Crippen molar-refractivity contribution in [3.05, 3.63) is 35.9 Å². The first-order chi connectivity index (χ1) is 7.36. The third-order valence-corrected chi connectivity index (χ3v) is 3.06. The summed E-state index contributed by atoms with van der Waals surface area (Å²) in [5.41, 5.74) is 1.29. The number of aliphatic hydroxyl groups excluding tert-OH is 1. The van der Waals surface area contributed by atoms with Crippen LogP contribution in [0, 0.1) is 0 Å². The van der Waals surface area contributed by atoms with E-state index < -0.39 is 0 Å². The summed E-state index contributed by atoms with van der Waals surface area (Å²) in [7, 11) is 0. The lowest BCUT2D eigenvalue weighted by Crippen LogP contribution is -2.33. The van der Waals surface area contributed by atoms with E-state index in [0.717, 1.165) is 25.9 Å². The molecule has 0 amide bonds. The van der Waals surface area contributed by atoms with Gasteiger partial charge in [-0.25, -0.2) is 0 Å². The second-order valence-electron chi connectivity index (χ2n) is 4.29. The fourth-order valence-electron chi connectivity index (χ4n) is 2.15. The van der Waals surface area contributed by atoms with Gasteiger partial charge in [0.2, 0.25) is 0 Å². The second kappa shape index (κ2) is 5.29. The number of aliphatic hydroxyl groups is 1. The van der Waals surface area contributed by atoms with Crippen molar-refractivity contribution in [3.63, 3.8) is 0 Å². The maximum atomic E-state index is 9.94. The smallest absolute Gasteiger partial charge is 0.107 e. The largest absolute Gasteiger partial charge is 0.378 e. The van der Waals surface area contributed by atoms with Crippen LogP contribution in [0.15, 0.2) is 30.3 Å². The number of rotatable bonds is 2. The fourth-order valence-corrected chi connectivity index (χ4v) is 2.15. The third kappa shape index (κ3) is 3.05. The van der Waals surface area contributed by atoms with Crippen molar-refractivity contribution in [2.24, 2.45) is 0 Å². The fraction of sp³-hybridized carbons (Fsp3) is 0.538. The lowest BCUT2D eigenvalue weighted by molar-refractivity contribution is -0.00104. The quantitative estimate of drug-likeness (QED) is 0.801. The van der Waals surface area contributed by atoms with E-state index in [4.69, 9.17) is 0 Å². The molecule has 2 nitrogen and oxygen atoms in total. The van der Waals surface area contributed by atoms with Crippen LogP contribution in [0.1, 0.15) is 31.2 Å². The van der Waals surface area contributed by atoms with Gasteiger partial charge in [-0.3, -0.25) is 4.90 Å². The third-order valence-electron chi connectivity index (χ3n) is 3.06. The molecule has 1 aliphatic rings. The molecular formula is C13H19NO. The van der Waals surface area contributed by atoms with Gasteiger partial charge in [-0.2, -0.15) is 0 Å². The number of benzene rings is 1. The molecule has 2 rings (SSSR count). The van der Waals surface area contributed by atoms with Crippen LogP contribution in [0.5, 0.6) is 0 Å². The SMILES string of the molecule is OC1CCCCCN1Cc1ccccc1. The summed E-state index contributed by atoms with van der Waals surface area (Å²) in [6.07, 6.45) is 4.30. The molecule has 0 radical (unpaired) electrons. The molecule has 0 saturated carbocycles. The topological polar surface area (TPSA) is 23.5 Å². The molecule has 0 aromatic heterocycles. The molecule has 82 valence electrons. The predicted octanol–water partition coefficient (Wildman–Crippen LogP) is 2.38. The Kier molecular flexibility index (Phi) is 3.75. The molecule has 1 heterocycles. The minimum atomic E-state index is -0.243. The molecule has 15 heavy (non-hydrogen) atoms. The highest BCUT2D eigenvalue weighted by Crippen LogP contribution is 2.17. The van der Waals surface area contributed by atoms with Gasteiger partial charge in [-0.15, -0.1) is 0 Å². The van der Waals surface area contributed by atoms with E-state index >= 15 is 0 Å². The second-order valence-corrected chi connectivity index (χ2v) is 4.29. The van der Waals surface area contributed by atoms with Crippen molar-refractivity contribution in [2.45, 2.75) is 38.5 Å². The zero-order valence-corrected chi connectivity index (χ0v) is 9.10. The maximum absolute atomic E-state index is 9.94. The van der Waals surface area contributed by atoms with E-state index in [-0.39, 0.29) is 6.23 Å². The Bertz CT molecular complexity index is 286. The first-order valence-corrected chi connectivity index (χ1v) is 5.82. The van der Waals surface area contributed by atoms with Crippen LogP contribution >= 0.6 is 0 Å². The van der Waals surface area contributed by atoms with Gasteiger partial charge in [-0.1, -0.05) is 36.8 Å². The average Bonchev–Trinajstić information content (AvgIpc) is 2.46. The first kappa shape index (κ1) is 10.7. The number of hydrogen-bond acceptors (Lipinski definition) is 2. The van der Waals surface area contributed by atoms with Crippen molar-refractivity contribution in [3.8, 4) is 0 Å². The van der Waals surface area contributed by atoms with Crippen molar-refractivity contribution < 1.29 is 5.11 Å². The van der Waals surface area contributed by atoms with Gasteiger partial charge in [0.15, 0.2) is 0 Å². The highest BCUT2D eigenvalue weighted by molar-refractivity contribution is 5.14. The maximum Gasteiger partial charge on any atom is 0.107 e. The summed E-state index contributed by atoms with van der Waals surface area (Å²) in [4.78, 5) is 2.18. The van der Waals surface area contributed by atoms with Crippen LogP contribution in [0.25, 0.3) is 0 Å². The zero-order valence-electron chi connectivity index (χ0n) is 9.10. The highest BCUT2D eigenvalue weighted by atomic mass is 16.3. The number of likely N-dealkylation sites (tertiary alicyclic amines) is 1. The van der Waals surface area contributed by atoms with Crippen LogP contribution < -0.4 is 0 Å². The summed E-state index contributed by atoms with van der Waals surface area (Å²) in [6, 6.07) is 10.4. The van der Waals surface area contributed by atoms with Gasteiger partial charge in [0, 0.05) is 13.1 Å². The highest BCUT2D eigenvalue weighted by Gasteiger charge is 2.17. The number of nitrogens with zero attached hydrogens (tertiary/aromatic N) is 1. The summed E-state index contributed by atoms with van der Waals surface area (Å²) in [5.74, 6) is 0. The van der Waals surface area contributed by atoms with E-state index in [1.807, 2.05) is 6.07 Å². The van der Waals surface area contributed by atoms with Crippen molar-refractivity contribution in [1.82, 2.24) is 4.90 Å². The van der Waals surface area contributed by atoms with E-state index in [0.29, 0.717) is 0 Å². The van der Waals surface area contributed by atoms with Gasteiger partial charge in [0.1, 0.15) is 6.23 Å². The molecule has 0 spiro atoms. The van der Waals surface area contributed by atoms with Crippen LogP contribution in [0.3, 0.4) is 0 Å². The molecule has 1 saturated heterocycles. The molecule has 1 aliphatic heterocycles. The van der Waals surface area contributed by atoms with Crippen LogP contribution in [0.4, 0.5) is 0 Å². The monoisotopic (exact) mass is 205 g/mol. The van der Waals surface area contributed by atoms with Crippen LogP contribution in [-0.4, -0.2) is 22.8 Å². The minimum absolute atomic E-state index is 0.243. The van der Waals surface area contributed by atoms with E-state index in [1.54, 1.807) is 0 Å². The van der Waals surface area contributed by atoms with Crippen LogP contribution in [-0.2, 0) is 6.54 Å². The molecule has 1 atom stereocenters. The summed E-state index contributed by atoms with van der Waals surface area (Å²) in [6.45, 7) is 1.90. The Hall–Kier alpha value is -0.860. The molecule has 2 heteroatoms. The molecule has 0 aliphatic carbocycles. The van der Waals surface area contributed by atoms with Gasteiger partial charge < -0.3 is 5.11 Å². The molecular weight excluding hydrogens is 186 g/mol. The van der Waals surface area contributed by atoms with Gasteiger partial charge >= 0.3 is 0 Å². The van der Waals surface area contributed by atoms with Gasteiger partial charge in [0.25, 0.3) is 0 Å².